The number of likely N-dealkylation sites (tertiary alicyclic amines) is 1. The van der Waals surface area contributed by atoms with E-state index in [0.717, 1.165) is 73.7 Å². The summed E-state index contributed by atoms with van der Waals surface area (Å²) < 4.78 is 13.1. The molecule has 162 valence electrons. The standard InChI is InChI=1S/C24H28N4O3/c29-24-6-5-18-3-1-2-4-21(18)28(24)12-11-27-9-7-19(8-10-27)25-16-20-15-22-23(17-26-20)31-14-13-30-22/h1-6,15,17,19,25H,7-14,16H2. The molecule has 0 bridgehead atoms. The van der Waals surface area contributed by atoms with Gasteiger partial charge in [-0.1, -0.05) is 18.2 Å². The average Bonchev–Trinajstić information content (AvgIpc) is 2.82. The summed E-state index contributed by atoms with van der Waals surface area (Å²) in [6.07, 6.45) is 3.94. The van der Waals surface area contributed by atoms with E-state index in [9.17, 15) is 4.79 Å². The minimum Gasteiger partial charge on any atom is -0.486 e. The van der Waals surface area contributed by atoms with Gasteiger partial charge in [0.2, 0.25) is 0 Å². The largest absolute Gasteiger partial charge is 0.486 e. The molecule has 1 aromatic carbocycles. The number of aromatic nitrogens is 2. The van der Waals surface area contributed by atoms with Gasteiger partial charge in [-0.2, -0.15) is 0 Å². The number of hydrogen-bond acceptors (Lipinski definition) is 6. The second-order valence-corrected chi connectivity index (χ2v) is 8.20. The summed E-state index contributed by atoms with van der Waals surface area (Å²) in [7, 11) is 0. The van der Waals surface area contributed by atoms with Crippen LogP contribution in [0.15, 0.2) is 53.5 Å². The van der Waals surface area contributed by atoms with Gasteiger partial charge in [-0.25, -0.2) is 0 Å². The van der Waals surface area contributed by atoms with Gasteiger partial charge in [-0.15, -0.1) is 0 Å². The first kappa shape index (κ1) is 20.0. The Bertz CT molecular complexity index is 1110. The highest BCUT2D eigenvalue weighted by molar-refractivity contribution is 5.78. The number of hydrogen-bond donors (Lipinski definition) is 1. The quantitative estimate of drug-likeness (QED) is 0.661. The Hall–Kier alpha value is -2.90. The van der Waals surface area contributed by atoms with Crippen molar-refractivity contribution in [2.24, 2.45) is 0 Å². The van der Waals surface area contributed by atoms with Crippen molar-refractivity contribution in [1.82, 2.24) is 19.8 Å². The lowest BCUT2D eigenvalue weighted by Gasteiger charge is -2.32. The predicted molar refractivity (Wildman–Crippen MR) is 120 cm³/mol. The van der Waals surface area contributed by atoms with E-state index in [1.165, 1.54) is 0 Å². The molecule has 0 aliphatic carbocycles. The van der Waals surface area contributed by atoms with E-state index in [1.54, 1.807) is 12.3 Å². The smallest absolute Gasteiger partial charge is 0.251 e. The monoisotopic (exact) mass is 420 g/mol. The number of benzene rings is 1. The van der Waals surface area contributed by atoms with Gasteiger partial charge in [0, 0.05) is 37.8 Å². The molecule has 0 amide bonds. The predicted octanol–water partition coefficient (Wildman–Crippen LogP) is 2.42. The molecule has 2 aliphatic rings. The number of ether oxygens (including phenoxy) is 2. The molecule has 1 N–H and O–H groups in total. The maximum Gasteiger partial charge on any atom is 0.251 e. The maximum atomic E-state index is 12.4. The van der Waals surface area contributed by atoms with Crippen molar-refractivity contribution in [3.63, 3.8) is 0 Å². The highest BCUT2D eigenvalue weighted by Gasteiger charge is 2.19. The van der Waals surface area contributed by atoms with Crippen LogP contribution in [-0.4, -0.2) is 53.3 Å². The van der Waals surface area contributed by atoms with Crippen molar-refractivity contribution in [1.29, 1.82) is 0 Å². The highest BCUT2D eigenvalue weighted by Crippen LogP contribution is 2.29. The first-order valence-corrected chi connectivity index (χ1v) is 11.0. The summed E-state index contributed by atoms with van der Waals surface area (Å²) in [6.45, 7) is 5.58. The molecule has 7 nitrogen and oxygen atoms in total. The van der Waals surface area contributed by atoms with E-state index in [1.807, 2.05) is 34.9 Å². The summed E-state index contributed by atoms with van der Waals surface area (Å²) in [5, 5.41) is 4.74. The van der Waals surface area contributed by atoms with Gasteiger partial charge in [0.25, 0.3) is 5.56 Å². The van der Waals surface area contributed by atoms with Crippen LogP contribution in [-0.2, 0) is 13.1 Å². The van der Waals surface area contributed by atoms with Crippen LogP contribution < -0.4 is 20.3 Å². The molecule has 0 saturated carbocycles. The zero-order valence-electron chi connectivity index (χ0n) is 17.6. The Balaban J connectivity index is 1.11. The molecule has 3 aromatic rings. The van der Waals surface area contributed by atoms with Crippen LogP contribution in [0.3, 0.4) is 0 Å². The van der Waals surface area contributed by atoms with Crippen LogP contribution >= 0.6 is 0 Å². The summed E-state index contributed by atoms with van der Waals surface area (Å²) in [5.74, 6) is 1.52. The third-order valence-electron chi connectivity index (χ3n) is 6.18. The van der Waals surface area contributed by atoms with E-state index in [0.29, 0.717) is 19.3 Å². The molecule has 0 spiro atoms. The fourth-order valence-electron chi connectivity index (χ4n) is 4.41. The van der Waals surface area contributed by atoms with Gasteiger partial charge in [-0.05, 0) is 43.5 Å². The van der Waals surface area contributed by atoms with Crippen LogP contribution in [0.2, 0.25) is 0 Å². The van der Waals surface area contributed by atoms with Gasteiger partial charge in [0.1, 0.15) is 13.2 Å². The minimum atomic E-state index is 0.0715. The molecular weight excluding hydrogens is 392 g/mol. The van der Waals surface area contributed by atoms with Gasteiger partial charge < -0.3 is 24.3 Å². The molecule has 0 atom stereocenters. The lowest BCUT2D eigenvalue weighted by Crippen LogP contribution is -2.43. The van der Waals surface area contributed by atoms with Gasteiger partial charge in [0.05, 0.1) is 17.4 Å². The van der Waals surface area contributed by atoms with Crippen molar-refractivity contribution in [3.05, 3.63) is 64.7 Å². The van der Waals surface area contributed by atoms with Crippen molar-refractivity contribution < 1.29 is 9.47 Å². The molecule has 5 rings (SSSR count). The molecule has 2 aromatic heterocycles. The topological polar surface area (TPSA) is 68.6 Å². The maximum absolute atomic E-state index is 12.4. The van der Waals surface area contributed by atoms with Crippen LogP contribution in [0.25, 0.3) is 10.9 Å². The second kappa shape index (κ2) is 9.08. The van der Waals surface area contributed by atoms with E-state index in [4.69, 9.17) is 9.47 Å². The lowest BCUT2D eigenvalue weighted by molar-refractivity contribution is 0.170. The van der Waals surface area contributed by atoms with E-state index in [2.05, 4.69) is 21.3 Å². The fraction of sp³-hybridized carbons (Fsp3) is 0.417. The molecule has 0 radical (unpaired) electrons. The highest BCUT2D eigenvalue weighted by atomic mass is 16.6. The van der Waals surface area contributed by atoms with Crippen molar-refractivity contribution in [3.8, 4) is 11.5 Å². The SMILES string of the molecule is O=c1ccc2ccccc2n1CCN1CCC(NCc2cc3c(cn2)OCCO3)CC1. The molecule has 4 heterocycles. The lowest BCUT2D eigenvalue weighted by atomic mass is 10.0. The van der Waals surface area contributed by atoms with E-state index >= 15 is 0 Å². The van der Waals surface area contributed by atoms with Crippen molar-refractivity contribution in [2.75, 3.05) is 32.8 Å². The minimum absolute atomic E-state index is 0.0715. The van der Waals surface area contributed by atoms with Crippen LogP contribution in [0.5, 0.6) is 11.5 Å². The van der Waals surface area contributed by atoms with Gasteiger partial charge >= 0.3 is 0 Å². The first-order chi connectivity index (χ1) is 15.3. The molecule has 7 heteroatoms. The number of para-hydroxylation sites is 1. The number of piperidine rings is 1. The number of rotatable bonds is 6. The van der Waals surface area contributed by atoms with Gasteiger partial charge in [0.15, 0.2) is 11.5 Å². The summed E-state index contributed by atoms with van der Waals surface area (Å²) in [4.78, 5) is 19.3. The third kappa shape index (κ3) is 4.57. The van der Waals surface area contributed by atoms with Crippen molar-refractivity contribution in [2.45, 2.75) is 32.0 Å². The van der Waals surface area contributed by atoms with Crippen LogP contribution in [0, 0.1) is 0 Å². The Kier molecular flexibility index (Phi) is 5.86. The number of fused-ring (bicyclic) bond motifs is 2. The normalized spacial score (nSPS) is 17.2. The van der Waals surface area contributed by atoms with E-state index in [-0.39, 0.29) is 5.56 Å². The van der Waals surface area contributed by atoms with E-state index < -0.39 is 0 Å². The molecule has 0 unspecified atom stereocenters. The van der Waals surface area contributed by atoms with Crippen LogP contribution in [0.1, 0.15) is 18.5 Å². The number of nitrogens with zero attached hydrogens (tertiary/aromatic N) is 3. The van der Waals surface area contributed by atoms with Crippen molar-refractivity contribution >= 4 is 10.9 Å². The fourth-order valence-corrected chi connectivity index (χ4v) is 4.41. The third-order valence-corrected chi connectivity index (χ3v) is 6.18. The number of nitrogens with one attached hydrogen (secondary N) is 1. The second-order valence-electron chi connectivity index (χ2n) is 8.20. The zero-order chi connectivity index (χ0) is 21.0. The Morgan fingerprint density at radius 1 is 1.00 bits per heavy atom. The summed E-state index contributed by atoms with van der Waals surface area (Å²) in [6, 6.07) is 14.1. The molecule has 1 saturated heterocycles. The molecular formula is C24H28N4O3. The molecule has 31 heavy (non-hydrogen) atoms. The first-order valence-electron chi connectivity index (χ1n) is 11.0. The Morgan fingerprint density at radius 3 is 2.68 bits per heavy atom. The summed E-state index contributed by atoms with van der Waals surface area (Å²) >= 11 is 0. The van der Waals surface area contributed by atoms with Crippen LogP contribution in [0.4, 0.5) is 0 Å². The van der Waals surface area contributed by atoms with Gasteiger partial charge in [-0.3, -0.25) is 9.78 Å². The molecule has 1 fully saturated rings. The number of pyridine rings is 2. The summed E-state index contributed by atoms with van der Waals surface area (Å²) in [5.41, 5.74) is 2.06. The average molecular weight is 421 g/mol. The Labute approximate surface area is 181 Å². The Morgan fingerprint density at radius 2 is 1.81 bits per heavy atom. The molecule has 2 aliphatic heterocycles. The zero-order valence-corrected chi connectivity index (χ0v) is 17.6.